The van der Waals surface area contributed by atoms with Gasteiger partial charge < -0.3 is 10.1 Å². The molecule has 0 saturated carbocycles. The average Bonchev–Trinajstić information content (AvgIpc) is 3.27. The van der Waals surface area contributed by atoms with Gasteiger partial charge >= 0.3 is 0 Å². The van der Waals surface area contributed by atoms with Gasteiger partial charge in [0.2, 0.25) is 0 Å². The molecule has 160 valence electrons. The van der Waals surface area contributed by atoms with Crippen molar-refractivity contribution in [2.45, 2.75) is 23.8 Å². The predicted molar refractivity (Wildman–Crippen MR) is 119 cm³/mol. The number of nitrogens with zero attached hydrogens (tertiary/aromatic N) is 2. The zero-order valence-corrected chi connectivity index (χ0v) is 18.5. The maximum atomic E-state index is 12.9. The molecule has 1 fully saturated rings. The minimum atomic E-state index is -0.559. The Labute approximate surface area is 184 Å². The molecule has 1 aliphatic heterocycles. The van der Waals surface area contributed by atoms with E-state index in [-0.39, 0.29) is 17.3 Å². The normalized spacial score (nSPS) is 15.0. The Bertz CT molecular complexity index is 934. The van der Waals surface area contributed by atoms with E-state index in [1.165, 1.54) is 31.0 Å². The van der Waals surface area contributed by atoms with E-state index in [2.05, 4.69) is 10.2 Å². The molecule has 0 aliphatic carbocycles. The molecular weight excluding hydrogens is 426 g/mol. The van der Waals surface area contributed by atoms with Crippen LogP contribution < -0.4 is 10.1 Å². The van der Waals surface area contributed by atoms with Gasteiger partial charge in [-0.15, -0.1) is 11.8 Å². The van der Waals surface area contributed by atoms with Crippen molar-refractivity contribution in [1.29, 1.82) is 0 Å². The molecular formula is C21H24ClN3O4S. The summed E-state index contributed by atoms with van der Waals surface area (Å²) in [6, 6.07) is 10.4. The molecule has 3 rings (SSSR count). The fourth-order valence-electron chi connectivity index (χ4n) is 3.71. The molecule has 1 N–H and O–H groups in total. The van der Waals surface area contributed by atoms with Crippen molar-refractivity contribution in [2.75, 3.05) is 33.0 Å². The molecule has 0 spiro atoms. The summed E-state index contributed by atoms with van der Waals surface area (Å²) in [5, 5.41) is 15.1. The number of halogens is 1. The van der Waals surface area contributed by atoms with Crippen LogP contribution in [0.1, 0.15) is 34.8 Å². The van der Waals surface area contributed by atoms with Gasteiger partial charge in [-0.25, -0.2) is 0 Å². The maximum Gasteiger partial charge on any atom is 0.285 e. The van der Waals surface area contributed by atoms with Crippen LogP contribution in [0.3, 0.4) is 0 Å². The molecule has 0 radical (unpaired) electrons. The highest BCUT2D eigenvalue weighted by Gasteiger charge is 2.27. The molecule has 7 nitrogen and oxygen atoms in total. The first-order valence-electron chi connectivity index (χ1n) is 9.62. The SMILES string of the molecule is COc1cc([N+](=O)[O-])c(C(=O)NCC(c2cccc(Cl)c2)N2CCCC2)cc1SC. The van der Waals surface area contributed by atoms with Gasteiger partial charge in [0.05, 0.1) is 29.0 Å². The Morgan fingerprint density at radius 2 is 2.07 bits per heavy atom. The van der Waals surface area contributed by atoms with Crippen molar-refractivity contribution in [3.63, 3.8) is 0 Å². The van der Waals surface area contributed by atoms with Crippen LogP contribution in [0, 0.1) is 10.1 Å². The second-order valence-electron chi connectivity index (χ2n) is 7.01. The monoisotopic (exact) mass is 449 g/mol. The summed E-state index contributed by atoms with van der Waals surface area (Å²) in [6.45, 7) is 2.20. The Hall–Kier alpha value is -2.29. The first kappa shape index (κ1) is 22.4. The predicted octanol–water partition coefficient (Wildman–Crippen LogP) is 4.55. The highest BCUT2D eigenvalue weighted by molar-refractivity contribution is 7.98. The van der Waals surface area contributed by atoms with Gasteiger partial charge in [0, 0.05) is 11.6 Å². The van der Waals surface area contributed by atoms with E-state index >= 15 is 0 Å². The number of benzene rings is 2. The fourth-order valence-corrected chi connectivity index (χ4v) is 4.49. The van der Waals surface area contributed by atoms with Gasteiger partial charge in [-0.05, 0) is 55.9 Å². The number of rotatable bonds is 8. The Kier molecular flexibility index (Phi) is 7.58. The smallest absolute Gasteiger partial charge is 0.285 e. The van der Waals surface area contributed by atoms with Crippen LogP contribution in [0.2, 0.25) is 5.02 Å². The van der Waals surface area contributed by atoms with Gasteiger partial charge in [0.15, 0.2) is 0 Å². The molecule has 0 aromatic heterocycles. The summed E-state index contributed by atoms with van der Waals surface area (Å²) in [5.41, 5.74) is 0.762. The highest BCUT2D eigenvalue weighted by atomic mass is 35.5. The molecule has 1 heterocycles. The van der Waals surface area contributed by atoms with Gasteiger partial charge in [-0.1, -0.05) is 23.7 Å². The lowest BCUT2D eigenvalue weighted by molar-refractivity contribution is -0.385. The van der Waals surface area contributed by atoms with Crippen LogP contribution in [-0.2, 0) is 0 Å². The van der Waals surface area contributed by atoms with Crippen LogP contribution in [0.5, 0.6) is 5.75 Å². The van der Waals surface area contributed by atoms with Crippen molar-refractivity contribution >= 4 is 35.0 Å². The van der Waals surface area contributed by atoms with E-state index in [9.17, 15) is 14.9 Å². The lowest BCUT2D eigenvalue weighted by atomic mass is 10.0. The summed E-state index contributed by atoms with van der Waals surface area (Å²) in [5.74, 6) is -0.106. The fraction of sp³-hybridized carbons (Fsp3) is 0.381. The molecule has 1 aliphatic rings. The minimum absolute atomic E-state index is 0.0245. The first-order valence-corrected chi connectivity index (χ1v) is 11.2. The molecule has 1 unspecified atom stereocenters. The standard InChI is InChI=1S/C21H24ClN3O4S/c1-29-19-12-17(25(27)28)16(11-20(19)30-2)21(26)23-13-18(24-8-3-4-9-24)14-6-5-7-15(22)10-14/h5-7,10-12,18H,3-4,8-9,13H2,1-2H3,(H,23,26). The van der Waals surface area contributed by atoms with Gasteiger partial charge in [0.25, 0.3) is 11.6 Å². The van der Waals surface area contributed by atoms with Crippen LogP contribution in [0.25, 0.3) is 0 Å². The minimum Gasteiger partial charge on any atom is -0.495 e. The van der Waals surface area contributed by atoms with Crippen molar-refractivity contribution in [2.24, 2.45) is 0 Å². The zero-order chi connectivity index (χ0) is 21.7. The van der Waals surface area contributed by atoms with Crippen molar-refractivity contribution in [3.05, 3.63) is 62.7 Å². The summed E-state index contributed by atoms with van der Waals surface area (Å²) in [7, 11) is 1.45. The number of nitro groups is 1. The average molecular weight is 450 g/mol. The second-order valence-corrected chi connectivity index (χ2v) is 8.29. The zero-order valence-electron chi connectivity index (χ0n) is 16.9. The van der Waals surface area contributed by atoms with E-state index < -0.39 is 10.8 Å². The van der Waals surface area contributed by atoms with Crippen LogP contribution in [0.4, 0.5) is 5.69 Å². The molecule has 9 heteroatoms. The number of carbonyl (C=O) groups excluding carboxylic acids is 1. The third-order valence-corrected chi connectivity index (χ3v) is 6.21. The Morgan fingerprint density at radius 3 is 2.67 bits per heavy atom. The topological polar surface area (TPSA) is 84.7 Å². The molecule has 2 aromatic rings. The van der Waals surface area contributed by atoms with E-state index in [0.717, 1.165) is 31.5 Å². The highest BCUT2D eigenvalue weighted by Crippen LogP contribution is 2.34. The number of hydrogen-bond donors (Lipinski definition) is 1. The summed E-state index contributed by atoms with van der Waals surface area (Å²) >= 11 is 7.54. The summed E-state index contributed by atoms with van der Waals surface area (Å²) < 4.78 is 5.22. The van der Waals surface area contributed by atoms with E-state index in [4.69, 9.17) is 16.3 Å². The van der Waals surface area contributed by atoms with Gasteiger partial charge in [0.1, 0.15) is 11.3 Å². The molecule has 30 heavy (non-hydrogen) atoms. The van der Waals surface area contributed by atoms with E-state index in [1.54, 1.807) is 0 Å². The van der Waals surface area contributed by atoms with Crippen molar-refractivity contribution < 1.29 is 14.5 Å². The number of nitro benzene ring substituents is 1. The molecule has 1 amide bonds. The summed E-state index contributed by atoms with van der Waals surface area (Å²) in [6.07, 6.45) is 4.03. The van der Waals surface area contributed by atoms with E-state index in [1.807, 2.05) is 30.5 Å². The third-order valence-electron chi connectivity index (χ3n) is 5.21. The van der Waals surface area contributed by atoms with Gasteiger partial charge in [-0.2, -0.15) is 0 Å². The number of amides is 1. The number of methoxy groups -OCH3 is 1. The van der Waals surface area contributed by atoms with Crippen molar-refractivity contribution in [1.82, 2.24) is 10.2 Å². The number of hydrogen-bond acceptors (Lipinski definition) is 6. The van der Waals surface area contributed by atoms with Crippen LogP contribution >= 0.6 is 23.4 Å². The lowest BCUT2D eigenvalue weighted by Crippen LogP contribution is -2.37. The van der Waals surface area contributed by atoms with Crippen LogP contribution in [-0.4, -0.2) is 48.7 Å². The third kappa shape index (κ3) is 5.06. The number of ether oxygens (including phenoxy) is 1. The molecule has 1 atom stereocenters. The maximum absolute atomic E-state index is 12.9. The quantitative estimate of drug-likeness (QED) is 0.361. The number of nitrogens with one attached hydrogen (secondary N) is 1. The Balaban J connectivity index is 1.85. The number of likely N-dealkylation sites (tertiary alicyclic amines) is 1. The first-order chi connectivity index (χ1) is 14.4. The molecule has 2 aromatic carbocycles. The lowest BCUT2D eigenvalue weighted by Gasteiger charge is -2.28. The molecule has 1 saturated heterocycles. The van der Waals surface area contributed by atoms with Crippen molar-refractivity contribution in [3.8, 4) is 5.75 Å². The van der Waals surface area contributed by atoms with E-state index in [0.29, 0.717) is 22.2 Å². The summed E-state index contributed by atoms with van der Waals surface area (Å²) in [4.78, 5) is 26.9. The molecule has 0 bridgehead atoms. The number of thioether (sulfide) groups is 1. The number of carbonyl (C=O) groups is 1. The van der Waals surface area contributed by atoms with Crippen LogP contribution in [0.15, 0.2) is 41.3 Å². The Morgan fingerprint density at radius 1 is 1.33 bits per heavy atom. The largest absolute Gasteiger partial charge is 0.495 e. The van der Waals surface area contributed by atoms with Gasteiger partial charge in [-0.3, -0.25) is 19.8 Å². The second kappa shape index (κ2) is 10.1.